The van der Waals surface area contributed by atoms with E-state index in [2.05, 4.69) is 4.18 Å². The third-order valence-electron chi connectivity index (χ3n) is 4.71. The average Bonchev–Trinajstić information content (AvgIpc) is 2.83. The van der Waals surface area contributed by atoms with Crippen LogP contribution in [0.4, 0.5) is 68.9 Å². The second kappa shape index (κ2) is 10.7. The normalized spacial score (nSPS) is 13.7. The second-order valence-electron chi connectivity index (χ2n) is 7.58. The minimum Gasteiger partial charge on any atom is -0.377 e. The van der Waals surface area contributed by atoms with Crippen LogP contribution in [0, 0.1) is 11.3 Å². The van der Waals surface area contributed by atoms with Crippen LogP contribution >= 0.6 is 0 Å². The first-order valence-corrected chi connectivity index (χ1v) is 12.8. The lowest BCUT2D eigenvalue weighted by Crippen LogP contribution is -2.63. The molecule has 2 amide bonds. The molecule has 232 valence electrons. The summed E-state index contributed by atoms with van der Waals surface area (Å²) in [6, 6.07) is 3.43. The molecular weight excluding hydrogens is 658 g/mol. The summed E-state index contributed by atoms with van der Waals surface area (Å²) in [6.45, 7) is 0. The summed E-state index contributed by atoms with van der Waals surface area (Å²) in [5.74, 6) is -16.7. The number of halogens is 12. The average molecular weight is 667 g/mol. The Balaban J connectivity index is 2.26. The number of rotatable bonds is 8. The van der Waals surface area contributed by atoms with Crippen LogP contribution in [-0.2, 0) is 20.0 Å². The Morgan fingerprint density at radius 1 is 0.738 bits per heavy atom. The summed E-state index contributed by atoms with van der Waals surface area (Å²) in [6.07, 6.45) is -7.33. The lowest BCUT2D eigenvalue weighted by atomic mass is 10.1. The molecule has 0 fully saturated rings. The van der Waals surface area contributed by atoms with Gasteiger partial charge >= 0.3 is 44.9 Å². The molecule has 0 aliphatic rings. The van der Waals surface area contributed by atoms with Crippen LogP contribution in [0.3, 0.4) is 0 Å². The monoisotopic (exact) mass is 667 g/mol. The number of benzene rings is 2. The van der Waals surface area contributed by atoms with E-state index in [9.17, 15) is 74.3 Å². The number of hydrogen-bond donors (Lipinski definition) is 2. The highest BCUT2D eigenvalue weighted by molar-refractivity contribution is 7.92. The van der Waals surface area contributed by atoms with Gasteiger partial charge in [-0.15, -0.1) is 0 Å². The van der Waals surface area contributed by atoms with Crippen molar-refractivity contribution in [3.05, 3.63) is 48.0 Å². The molecule has 0 radical (unpaired) electrons. The zero-order chi connectivity index (χ0) is 32.7. The Bertz CT molecular complexity index is 1620. The fourth-order valence-electron chi connectivity index (χ4n) is 2.60. The van der Waals surface area contributed by atoms with Crippen molar-refractivity contribution in [2.75, 3.05) is 10.6 Å². The van der Waals surface area contributed by atoms with E-state index in [0.717, 1.165) is 18.2 Å². The summed E-state index contributed by atoms with van der Waals surface area (Å²) < 4.78 is 205. The molecule has 9 nitrogen and oxygen atoms in total. The van der Waals surface area contributed by atoms with Crippen LogP contribution in [0.2, 0.25) is 0 Å². The molecule has 2 N–H and O–H groups in total. The number of hydrogen-bond acceptors (Lipinski definition) is 7. The zero-order valence-corrected chi connectivity index (χ0v) is 20.9. The van der Waals surface area contributed by atoms with E-state index in [1.165, 1.54) is 0 Å². The second-order valence-corrected chi connectivity index (χ2v) is 11.1. The van der Waals surface area contributed by atoms with Gasteiger partial charge in [0.15, 0.2) is 5.75 Å². The molecule has 23 heteroatoms. The molecule has 0 atom stereocenters. The summed E-state index contributed by atoms with van der Waals surface area (Å²) in [4.78, 5) is 10.9. The summed E-state index contributed by atoms with van der Waals surface area (Å²) in [7, 11) is -13.1. The zero-order valence-electron chi connectivity index (χ0n) is 19.3. The number of nitrogens with one attached hydrogen (secondary N) is 2. The molecule has 0 bridgehead atoms. The van der Waals surface area contributed by atoms with Crippen molar-refractivity contribution in [1.29, 1.82) is 5.26 Å². The van der Waals surface area contributed by atoms with Crippen molar-refractivity contribution < 1.29 is 78.5 Å². The first-order chi connectivity index (χ1) is 18.7. The molecule has 0 spiro atoms. The number of nitriles is 1. The highest BCUT2D eigenvalue weighted by Gasteiger charge is 2.86. The van der Waals surface area contributed by atoms with Gasteiger partial charge in [-0.3, -0.25) is 0 Å². The topological polar surface area (TPSA) is 142 Å². The van der Waals surface area contributed by atoms with Gasteiger partial charge in [0.25, 0.3) is 9.84 Å². The Labute approximate surface area is 225 Å². The standard InChI is InChI=1S/C19H9F12N3O6S2/c20-15(21,17(24,25)26)16(22,23)18(27,28)42(38,39)40-13-6-3-11(7-9(13)8-32)34-14(35)33-10-1-4-12(5-2-10)41(36,37)19(29,30)31/h1-7H,(H2,33,34,35). The van der Waals surface area contributed by atoms with Crippen molar-refractivity contribution in [3.63, 3.8) is 0 Å². The number of anilines is 2. The lowest BCUT2D eigenvalue weighted by molar-refractivity contribution is -0.382. The van der Waals surface area contributed by atoms with Gasteiger partial charge in [0.2, 0.25) is 0 Å². The van der Waals surface area contributed by atoms with Gasteiger partial charge in [0.05, 0.1) is 10.5 Å². The van der Waals surface area contributed by atoms with E-state index < -0.39 is 76.7 Å². The van der Waals surface area contributed by atoms with Crippen molar-refractivity contribution in [2.45, 2.75) is 33.7 Å². The number of alkyl halides is 12. The number of nitrogens with zero attached hydrogens (tertiary/aromatic N) is 1. The van der Waals surface area contributed by atoms with Crippen LogP contribution in [0.15, 0.2) is 47.4 Å². The van der Waals surface area contributed by atoms with Gasteiger partial charge < -0.3 is 14.8 Å². The molecule has 2 aromatic rings. The smallest absolute Gasteiger partial charge is 0.377 e. The minimum atomic E-state index is -7.60. The molecule has 0 aliphatic carbocycles. The van der Waals surface area contributed by atoms with Crippen LogP contribution in [0.5, 0.6) is 5.75 Å². The van der Waals surface area contributed by atoms with Crippen molar-refractivity contribution in [3.8, 4) is 11.8 Å². The molecule has 2 rings (SSSR count). The molecule has 42 heavy (non-hydrogen) atoms. The van der Waals surface area contributed by atoms with E-state index in [4.69, 9.17) is 5.26 Å². The molecule has 2 aromatic carbocycles. The first kappa shape index (κ1) is 34.3. The molecule has 0 saturated heterocycles. The predicted molar refractivity (Wildman–Crippen MR) is 114 cm³/mol. The minimum absolute atomic E-state index is 0.235. The predicted octanol–water partition coefficient (Wildman–Crippen LogP) is 5.63. The molecule has 0 heterocycles. The highest BCUT2D eigenvalue weighted by atomic mass is 32.2. The third-order valence-corrected chi connectivity index (χ3v) is 7.50. The van der Waals surface area contributed by atoms with Gasteiger partial charge in [-0.1, -0.05) is 0 Å². The number of carbonyl (C=O) groups excluding carboxylic acids is 1. The summed E-state index contributed by atoms with van der Waals surface area (Å²) >= 11 is 0. The molecule has 0 aliphatic heterocycles. The first-order valence-electron chi connectivity index (χ1n) is 9.90. The van der Waals surface area contributed by atoms with E-state index >= 15 is 0 Å². The Kier molecular flexibility index (Phi) is 8.74. The van der Waals surface area contributed by atoms with Gasteiger partial charge in [-0.25, -0.2) is 13.2 Å². The van der Waals surface area contributed by atoms with Crippen LogP contribution in [-0.4, -0.2) is 51.7 Å². The number of urea groups is 1. The maximum atomic E-state index is 13.9. The molecule has 0 saturated carbocycles. The van der Waals surface area contributed by atoms with Crippen LogP contribution < -0.4 is 14.8 Å². The largest absolute Gasteiger partial charge is 0.501 e. The van der Waals surface area contributed by atoms with Gasteiger partial charge in [-0.2, -0.15) is 66.4 Å². The fourth-order valence-corrected chi connectivity index (χ4v) is 4.29. The summed E-state index contributed by atoms with van der Waals surface area (Å²) in [5.41, 5.74) is -7.62. The molecule has 0 unspecified atom stereocenters. The van der Waals surface area contributed by atoms with Gasteiger partial charge in [0.1, 0.15) is 6.07 Å². The van der Waals surface area contributed by atoms with Gasteiger partial charge in [-0.05, 0) is 42.5 Å². The van der Waals surface area contributed by atoms with E-state index in [1.54, 1.807) is 0 Å². The molecule has 0 aromatic heterocycles. The maximum absolute atomic E-state index is 13.9. The highest BCUT2D eigenvalue weighted by Crippen LogP contribution is 2.55. The fraction of sp³-hybridized carbons (Fsp3) is 0.263. The van der Waals surface area contributed by atoms with E-state index in [0.29, 0.717) is 24.3 Å². The van der Waals surface area contributed by atoms with Crippen LogP contribution in [0.25, 0.3) is 0 Å². The third kappa shape index (κ3) is 6.13. The number of amides is 2. The lowest BCUT2D eigenvalue weighted by Gasteiger charge is -2.32. The quantitative estimate of drug-likeness (QED) is 0.275. The van der Waals surface area contributed by atoms with Crippen molar-refractivity contribution >= 4 is 37.4 Å². The molecular formula is C19H9F12N3O6S2. The van der Waals surface area contributed by atoms with Crippen LogP contribution in [0.1, 0.15) is 5.56 Å². The number of carbonyl (C=O) groups is 1. The number of sulfone groups is 1. The Morgan fingerprint density at radius 2 is 1.21 bits per heavy atom. The van der Waals surface area contributed by atoms with E-state index in [-0.39, 0.29) is 11.8 Å². The maximum Gasteiger partial charge on any atom is 0.501 e. The Morgan fingerprint density at radius 3 is 1.67 bits per heavy atom. The van der Waals surface area contributed by atoms with Gasteiger partial charge in [0, 0.05) is 11.4 Å². The van der Waals surface area contributed by atoms with E-state index in [1.807, 2.05) is 10.6 Å². The SMILES string of the molecule is N#Cc1cc(NC(=O)Nc2ccc(S(=O)(=O)C(F)(F)F)cc2)ccc1OS(=O)(=O)C(F)(F)C(F)(F)C(F)(F)C(F)(F)F. The summed E-state index contributed by atoms with van der Waals surface area (Å²) in [5, 5.41) is 5.76. The van der Waals surface area contributed by atoms with Crippen molar-refractivity contribution in [2.24, 2.45) is 0 Å². The van der Waals surface area contributed by atoms with Crippen molar-refractivity contribution in [1.82, 2.24) is 0 Å². The Hall–Kier alpha value is -3.94.